The third-order valence-corrected chi connectivity index (χ3v) is 5.68. The van der Waals surface area contributed by atoms with Crippen LogP contribution in [0.2, 0.25) is 10.0 Å². The summed E-state index contributed by atoms with van der Waals surface area (Å²) in [5, 5.41) is 3.85. The Hall–Kier alpha value is -2.04. The lowest BCUT2D eigenvalue weighted by molar-refractivity contribution is 0.0698. The molecule has 6 heteroatoms. The molecule has 0 spiro atoms. The molecule has 0 radical (unpaired) electrons. The fourth-order valence-electron chi connectivity index (χ4n) is 3.35. The molecule has 0 aliphatic carbocycles. The topological polar surface area (TPSA) is 49.4 Å². The molecule has 0 unspecified atom stereocenters. The van der Waals surface area contributed by atoms with Crippen LogP contribution in [0.4, 0.5) is 0 Å². The van der Waals surface area contributed by atoms with Gasteiger partial charge in [0.1, 0.15) is 0 Å². The predicted octanol–water partition coefficient (Wildman–Crippen LogP) is 5.15. The van der Waals surface area contributed by atoms with Gasteiger partial charge in [-0.2, -0.15) is 0 Å². The molecule has 0 saturated carbocycles. The number of likely N-dealkylation sites (tertiary alicyclic amines) is 1. The van der Waals surface area contributed by atoms with Crippen molar-refractivity contribution in [1.29, 1.82) is 0 Å². The molecule has 1 aliphatic rings. The van der Waals surface area contributed by atoms with Gasteiger partial charge in [0.15, 0.2) is 0 Å². The summed E-state index contributed by atoms with van der Waals surface area (Å²) >= 11 is 12.1. The molecule has 0 bridgehead atoms. The zero-order valence-corrected chi connectivity index (χ0v) is 17.6. The highest BCUT2D eigenvalue weighted by Crippen LogP contribution is 2.22. The van der Waals surface area contributed by atoms with E-state index in [1.54, 1.807) is 18.2 Å². The summed E-state index contributed by atoms with van der Waals surface area (Å²) < 4.78 is 0. The van der Waals surface area contributed by atoms with Gasteiger partial charge < -0.3 is 10.2 Å². The van der Waals surface area contributed by atoms with E-state index in [0.29, 0.717) is 53.0 Å². The van der Waals surface area contributed by atoms with E-state index in [2.05, 4.69) is 19.2 Å². The van der Waals surface area contributed by atoms with Gasteiger partial charge in [-0.05, 0) is 54.7 Å². The minimum Gasteiger partial charge on any atom is -0.349 e. The summed E-state index contributed by atoms with van der Waals surface area (Å²) in [7, 11) is 0. The zero-order valence-electron chi connectivity index (χ0n) is 16.0. The van der Waals surface area contributed by atoms with Gasteiger partial charge >= 0.3 is 0 Å². The van der Waals surface area contributed by atoms with E-state index in [4.69, 9.17) is 23.2 Å². The van der Waals surface area contributed by atoms with Crippen LogP contribution < -0.4 is 5.32 Å². The van der Waals surface area contributed by atoms with Gasteiger partial charge in [-0.1, -0.05) is 49.2 Å². The standard InChI is InChI=1S/C22H24Cl2N2O2/c1-14(2)15-3-5-16(6-4-15)22(28)26-11-9-18(10-12-26)25-21(27)19-13-17(23)7-8-20(19)24/h3-8,13-14,18H,9-12H2,1-2H3,(H,25,27). The molecule has 3 rings (SSSR count). The van der Waals surface area contributed by atoms with Gasteiger partial charge in [0.2, 0.25) is 0 Å². The molecule has 28 heavy (non-hydrogen) atoms. The molecule has 1 aliphatic heterocycles. The van der Waals surface area contributed by atoms with Crippen LogP contribution in [0.15, 0.2) is 42.5 Å². The minimum absolute atomic E-state index is 0.00918. The summed E-state index contributed by atoms with van der Waals surface area (Å²) in [5.41, 5.74) is 2.30. The zero-order chi connectivity index (χ0) is 20.3. The molecule has 2 aromatic carbocycles. The third-order valence-electron chi connectivity index (χ3n) is 5.11. The Bertz CT molecular complexity index is 857. The maximum absolute atomic E-state index is 12.7. The molecule has 1 N–H and O–H groups in total. The number of carbonyl (C=O) groups excluding carboxylic acids is 2. The predicted molar refractivity (Wildman–Crippen MR) is 113 cm³/mol. The number of hydrogen-bond donors (Lipinski definition) is 1. The first-order chi connectivity index (χ1) is 13.3. The van der Waals surface area contributed by atoms with Gasteiger partial charge in [0, 0.05) is 29.7 Å². The first-order valence-corrected chi connectivity index (χ1v) is 10.3. The summed E-state index contributed by atoms with van der Waals surface area (Å²) in [6.07, 6.45) is 1.42. The van der Waals surface area contributed by atoms with Crippen LogP contribution in [0, 0.1) is 0 Å². The fourth-order valence-corrected chi connectivity index (χ4v) is 3.73. The minimum atomic E-state index is -0.235. The molecule has 2 aromatic rings. The summed E-state index contributed by atoms with van der Waals surface area (Å²) in [6, 6.07) is 12.7. The maximum Gasteiger partial charge on any atom is 0.253 e. The van der Waals surface area contributed by atoms with Crippen molar-refractivity contribution in [2.45, 2.75) is 38.6 Å². The van der Waals surface area contributed by atoms with Crippen molar-refractivity contribution in [3.05, 3.63) is 69.2 Å². The number of halogens is 2. The largest absolute Gasteiger partial charge is 0.349 e. The Labute approximate surface area is 175 Å². The van der Waals surface area contributed by atoms with E-state index < -0.39 is 0 Å². The highest BCUT2D eigenvalue weighted by Gasteiger charge is 2.25. The highest BCUT2D eigenvalue weighted by molar-refractivity contribution is 6.35. The molecule has 1 saturated heterocycles. The summed E-state index contributed by atoms with van der Waals surface area (Å²) in [5.74, 6) is 0.246. The van der Waals surface area contributed by atoms with Crippen molar-refractivity contribution in [3.8, 4) is 0 Å². The quantitative estimate of drug-likeness (QED) is 0.745. The Morgan fingerprint density at radius 2 is 1.68 bits per heavy atom. The van der Waals surface area contributed by atoms with E-state index in [0.717, 1.165) is 0 Å². The van der Waals surface area contributed by atoms with Crippen LogP contribution in [0.1, 0.15) is 58.9 Å². The first-order valence-electron chi connectivity index (χ1n) is 9.50. The average Bonchev–Trinajstić information content (AvgIpc) is 2.70. The van der Waals surface area contributed by atoms with Crippen LogP contribution in [-0.2, 0) is 0 Å². The van der Waals surface area contributed by atoms with Crippen LogP contribution in [0.25, 0.3) is 0 Å². The average molecular weight is 419 g/mol. The number of nitrogens with zero attached hydrogens (tertiary/aromatic N) is 1. The fraction of sp³-hybridized carbons (Fsp3) is 0.364. The van der Waals surface area contributed by atoms with E-state index >= 15 is 0 Å². The molecule has 2 amide bonds. The van der Waals surface area contributed by atoms with Gasteiger partial charge in [-0.3, -0.25) is 9.59 Å². The monoisotopic (exact) mass is 418 g/mol. The first kappa shape index (κ1) is 20.7. The SMILES string of the molecule is CC(C)c1ccc(C(=O)N2CCC(NC(=O)c3cc(Cl)ccc3Cl)CC2)cc1. The molecule has 0 aromatic heterocycles. The van der Waals surface area contributed by atoms with Crippen LogP contribution in [0.3, 0.4) is 0 Å². The second kappa shape index (κ2) is 8.97. The van der Waals surface area contributed by atoms with Crippen molar-refractivity contribution in [2.75, 3.05) is 13.1 Å². The number of rotatable bonds is 4. The van der Waals surface area contributed by atoms with E-state index in [9.17, 15) is 9.59 Å². The Morgan fingerprint density at radius 3 is 2.29 bits per heavy atom. The van der Waals surface area contributed by atoms with Crippen molar-refractivity contribution < 1.29 is 9.59 Å². The second-order valence-electron chi connectivity index (χ2n) is 7.44. The Kier molecular flexibility index (Phi) is 6.63. The number of hydrogen-bond acceptors (Lipinski definition) is 2. The smallest absolute Gasteiger partial charge is 0.253 e. The number of piperidine rings is 1. The van der Waals surface area contributed by atoms with Crippen molar-refractivity contribution in [3.63, 3.8) is 0 Å². The number of carbonyl (C=O) groups is 2. The van der Waals surface area contributed by atoms with Gasteiger partial charge in [0.05, 0.1) is 10.6 Å². The van der Waals surface area contributed by atoms with Crippen molar-refractivity contribution in [1.82, 2.24) is 10.2 Å². The molecular weight excluding hydrogens is 395 g/mol. The second-order valence-corrected chi connectivity index (χ2v) is 8.28. The maximum atomic E-state index is 12.7. The van der Waals surface area contributed by atoms with Crippen LogP contribution in [-0.4, -0.2) is 35.8 Å². The molecule has 1 fully saturated rings. The lowest BCUT2D eigenvalue weighted by Crippen LogP contribution is -2.46. The van der Waals surface area contributed by atoms with Gasteiger partial charge in [-0.25, -0.2) is 0 Å². The van der Waals surface area contributed by atoms with E-state index in [-0.39, 0.29) is 17.9 Å². The van der Waals surface area contributed by atoms with E-state index in [1.807, 2.05) is 29.2 Å². The summed E-state index contributed by atoms with van der Waals surface area (Å²) in [6.45, 7) is 5.48. The Morgan fingerprint density at radius 1 is 1.04 bits per heavy atom. The van der Waals surface area contributed by atoms with Crippen molar-refractivity contribution in [2.24, 2.45) is 0 Å². The normalized spacial score (nSPS) is 15.0. The molecule has 4 nitrogen and oxygen atoms in total. The molecule has 0 atom stereocenters. The van der Waals surface area contributed by atoms with Crippen LogP contribution >= 0.6 is 23.2 Å². The molecule has 148 valence electrons. The number of nitrogens with one attached hydrogen (secondary N) is 1. The number of amides is 2. The number of benzene rings is 2. The van der Waals surface area contributed by atoms with Gasteiger partial charge in [-0.15, -0.1) is 0 Å². The lowest BCUT2D eigenvalue weighted by Gasteiger charge is -2.32. The highest BCUT2D eigenvalue weighted by atomic mass is 35.5. The van der Waals surface area contributed by atoms with Gasteiger partial charge in [0.25, 0.3) is 11.8 Å². The van der Waals surface area contributed by atoms with E-state index in [1.165, 1.54) is 5.56 Å². The third kappa shape index (κ3) is 4.86. The lowest BCUT2D eigenvalue weighted by atomic mass is 10.00. The summed E-state index contributed by atoms with van der Waals surface area (Å²) in [4.78, 5) is 27.0. The van der Waals surface area contributed by atoms with Crippen molar-refractivity contribution >= 4 is 35.0 Å². The molecular formula is C22H24Cl2N2O2. The van der Waals surface area contributed by atoms with Crippen LogP contribution in [0.5, 0.6) is 0 Å². The Balaban J connectivity index is 1.56. The molecule has 1 heterocycles.